The lowest BCUT2D eigenvalue weighted by molar-refractivity contribution is -0.126. The zero-order chi connectivity index (χ0) is 19.4. The second-order valence-electron chi connectivity index (χ2n) is 7.86. The Balaban J connectivity index is 1.20. The number of piperidine rings is 1. The van der Waals surface area contributed by atoms with Crippen LogP contribution in [0.3, 0.4) is 0 Å². The lowest BCUT2D eigenvalue weighted by Gasteiger charge is -2.31. The van der Waals surface area contributed by atoms with Crippen LogP contribution in [0.1, 0.15) is 37.0 Å². The Morgan fingerprint density at radius 1 is 1.04 bits per heavy atom. The lowest BCUT2D eigenvalue weighted by Crippen LogP contribution is -2.47. The summed E-state index contributed by atoms with van der Waals surface area (Å²) in [7, 11) is 0. The van der Waals surface area contributed by atoms with Crippen LogP contribution in [0.4, 0.5) is 4.79 Å². The Morgan fingerprint density at radius 2 is 1.79 bits per heavy atom. The molecule has 0 radical (unpaired) electrons. The average molecular weight is 381 g/mol. The number of nitrogens with zero attached hydrogens (tertiary/aromatic N) is 1. The molecule has 1 saturated heterocycles. The summed E-state index contributed by atoms with van der Waals surface area (Å²) in [5.74, 6) is 0.841. The predicted molar refractivity (Wildman–Crippen MR) is 106 cm³/mol. The Bertz CT molecular complexity index is 792. The van der Waals surface area contributed by atoms with Crippen LogP contribution in [-0.4, -0.2) is 36.5 Å². The van der Waals surface area contributed by atoms with Crippen LogP contribution in [0.15, 0.2) is 53.1 Å². The van der Waals surface area contributed by atoms with Gasteiger partial charge in [-0.05, 0) is 43.4 Å². The number of carbonyl (C=O) groups excluding carboxylic acids is 2. The molecule has 2 N–H and O–H groups in total. The van der Waals surface area contributed by atoms with Gasteiger partial charge < -0.3 is 20.0 Å². The third-order valence-corrected chi connectivity index (χ3v) is 5.99. The van der Waals surface area contributed by atoms with E-state index in [0.29, 0.717) is 39.0 Å². The van der Waals surface area contributed by atoms with Crippen molar-refractivity contribution in [3.63, 3.8) is 0 Å². The minimum Gasteiger partial charge on any atom is -0.467 e. The Morgan fingerprint density at radius 3 is 2.43 bits per heavy atom. The number of amides is 3. The topological polar surface area (TPSA) is 74.6 Å². The molecule has 148 valence electrons. The van der Waals surface area contributed by atoms with Crippen molar-refractivity contribution in [2.45, 2.75) is 37.6 Å². The SMILES string of the molecule is O=C(NCC1(c2ccccc2)CC1)C1CCN(C(=O)NCc2ccco2)CC1. The third kappa shape index (κ3) is 4.21. The molecular formula is C22H27N3O3. The number of carbonyl (C=O) groups is 2. The Labute approximate surface area is 165 Å². The minimum absolute atomic E-state index is 0.0132. The third-order valence-electron chi connectivity index (χ3n) is 5.99. The van der Waals surface area contributed by atoms with Crippen LogP contribution in [0, 0.1) is 5.92 Å². The molecule has 2 aliphatic rings. The smallest absolute Gasteiger partial charge is 0.317 e. The second kappa shape index (κ2) is 8.09. The summed E-state index contributed by atoms with van der Waals surface area (Å²) >= 11 is 0. The number of furan rings is 1. The van der Waals surface area contributed by atoms with Gasteiger partial charge in [0.15, 0.2) is 0 Å². The maximum absolute atomic E-state index is 12.6. The molecule has 0 bridgehead atoms. The number of benzene rings is 1. The van der Waals surface area contributed by atoms with Crippen LogP contribution in [-0.2, 0) is 16.8 Å². The van der Waals surface area contributed by atoms with E-state index in [4.69, 9.17) is 4.42 Å². The highest BCUT2D eigenvalue weighted by Gasteiger charge is 2.44. The molecule has 1 aromatic carbocycles. The van der Waals surface area contributed by atoms with Gasteiger partial charge in [-0.3, -0.25) is 4.79 Å². The normalized spacial score (nSPS) is 18.5. The lowest BCUT2D eigenvalue weighted by atomic mass is 9.93. The zero-order valence-corrected chi connectivity index (χ0v) is 16.0. The van der Waals surface area contributed by atoms with E-state index in [2.05, 4.69) is 34.9 Å². The Kier molecular flexibility index (Phi) is 5.37. The number of nitrogens with one attached hydrogen (secondary N) is 2. The van der Waals surface area contributed by atoms with Crippen molar-refractivity contribution in [2.75, 3.05) is 19.6 Å². The quantitative estimate of drug-likeness (QED) is 0.808. The molecule has 0 spiro atoms. The highest BCUT2D eigenvalue weighted by Crippen LogP contribution is 2.47. The highest BCUT2D eigenvalue weighted by atomic mass is 16.3. The number of hydrogen-bond donors (Lipinski definition) is 2. The van der Waals surface area contributed by atoms with Gasteiger partial charge in [0.25, 0.3) is 0 Å². The van der Waals surface area contributed by atoms with Gasteiger partial charge in [-0.1, -0.05) is 30.3 Å². The first-order chi connectivity index (χ1) is 13.7. The molecule has 28 heavy (non-hydrogen) atoms. The molecule has 1 aromatic heterocycles. The van der Waals surface area contributed by atoms with Crippen molar-refractivity contribution >= 4 is 11.9 Å². The van der Waals surface area contributed by atoms with Crippen LogP contribution >= 0.6 is 0 Å². The first-order valence-corrected chi connectivity index (χ1v) is 10.0. The standard InChI is InChI=1S/C22H27N3O3/c26-20(24-16-22(10-11-22)18-5-2-1-3-6-18)17-8-12-25(13-9-17)21(27)23-15-19-7-4-14-28-19/h1-7,14,17H,8-13,15-16H2,(H,23,27)(H,24,26). The fourth-order valence-corrected chi connectivity index (χ4v) is 3.94. The van der Waals surface area contributed by atoms with Gasteiger partial charge in [-0.2, -0.15) is 0 Å². The molecule has 2 fully saturated rings. The van der Waals surface area contributed by atoms with Gasteiger partial charge >= 0.3 is 6.03 Å². The van der Waals surface area contributed by atoms with Crippen molar-refractivity contribution in [2.24, 2.45) is 5.92 Å². The molecule has 0 unspecified atom stereocenters. The van der Waals surface area contributed by atoms with Gasteiger partial charge in [-0.15, -0.1) is 0 Å². The summed E-state index contributed by atoms with van der Waals surface area (Å²) in [4.78, 5) is 26.7. The van der Waals surface area contributed by atoms with E-state index >= 15 is 0 Å². The van der Waals surface area contributed by atoms with Crippen molar-refractivity contribution < 1.29 is 14.0 Å². The van der Waals surface area contributed by atoms with E-state index in [-0.39, 0.29) is 23.3 Å². The van der Waals surface area contributed by atoms with Gasteiger partial charge in [0.05, 0.1) is 12.8 Å². The van der Waals surface area contributed by atoms with Crippen LogP contribution < -0.4 is 10.6 Å². The zero-order valence-electron chi connectivity index (χ0n) is 16.0. The second-order valence-corrected chi connectivity index (χ2v) is 7.86. The van der Waals surface area contributed by atoms with Crippen molar-refractivity contribution in [1.29, 1.82) is 0 Å². The molecule has 1 aliphatic carbocycles. The monoisotopic (exact) mass is 381 g/mol. The van der Waals surface area contributed by atoms with Crippen molar-refractivity contribution in [3.8, 4) is 0 Å². The van der Waals surface area contributed by atoms with Crippen LogP contribution in [0.2, 0.25) is 0 Å². The van der Waals surface area contributed by atoms with Gasteiger partial charge in [-0.25, -0.2) is 4.79 Å². The molecule has 4 rings (SSSR count). The first kappa shape index (κ1) is 18.6. The predicted octanol–water partition coefficient (Wildman–Crippen LogP) is 3.05. The van der Waals surface area contributed by atoms with Gasteiger partial charge in [0.2, 0.25) is 5.91 Å². The van der Waals surface area contributed by atoms with E-state index < -0.39 is 0 Å². The fraction of sp³-hybridized carbons (Fsp3) is 0.455. The molecular weight excluding hydrogens is 354 g/mol. The number of likely N-dealkylation sites (tertiary alicyclic amines) is 1. The number of hydrogen-bond acceptors (Lipinski definition) is 3. The summed E-state index contributed by atoms with van der Waals surface area (Å²) in [6.07, 6.45) is 5.27. The first-order valence-electron chi connectivity index (χ1n) is 10.0. The molecule has 6 nitrogen and oxygen atoms in total. The van der Waals surface area contributed by atoms with Crippen molar-refractivity contribution in [3.05, 3.63) is 60.1 Å². The van der Waals surface area contributed by atoms with E-state index in [1.165, 1.54) is 5.56 Å². The molecule has 3 amide bonds. The van der Waals surface area contributed by atoms with Crippen LogP contribution in [0.5, 0.6) is 0 Å². The average Bonchev–Trinajstić information content (AvgIpc) is 3.36. The summed E-state index contributed by atoms with van der Waals surface area (Å²) < 4.78 is 5.22. The minimum atomic E-state index is -0.101. The molecule has 0 atom stereocenters. The summed E-state index contributed by atoms with van der Waals surface area (Å²) in [5, 5.41) is 6.03. The Hall–Kier alpha value is -2.76. The number of rotatable bonds is 6. The van der Waals surface area contributed by atoms with E-state index in [0.717, 1.165) is 18.6 Å². The van der Waals surface area contributed by atoms with Crippen LogP contribution in [0.25, 0.3) is 0 Å². The highest BCUT2D eigenvalue weighted by molar-refractivity contribution is 5.80. The van der Waals surface area contributed by atoms with Gasteiger partial charge in [0, 0.05) is 31.0 Å². The fourth-order valence-electron chi connectivity index (χ4n) is 3.94. The molecule has 1 aliphatic heterocycles. The number of urea groups is 1. The molecule has 1 saturated carbocycles. The largest absolute Gasteiger partial charge is 0.467 e. The molecule has 6 heteroatoms. The molecule has 2 aromatic rings. The molecule has 2 heterocycles. The van der Waals surface area contributed by atoms with Crippen molar-refractivity contribution in [1.82, 2.24) is 15.5 Å². The summed E-state index contributed by atoms with van der Waals surface area (Å²) in [6.45, 7) is 2.30. The maximum atomic E-state index is 12.6. The maximum Gasteiger partial charge on any atom is 0.317 e. The summed E-state index contributed by atoms with van der Waals surface area (Å²) in [6, 6.07) is 14.0. The van der Waals surface area contributed by atoms with E-state index in [1.807, 2.05) is 12.1 Å². The van der Waals surface area contributed by atoms with Gasteiger partial charge in [0.1, 0.15) is 5.76 Å². The van der Waals surface area contributed by atoms with E-state index in [1.54, 1.807) is 17.2 Å². The summed E-state index contributed by atoms with van der Waals surface area (Å²) in [5.41, 5.74) is 1.45. The van der Waals surface area contributed by atoms with E-state index in [9.17, 15) is 9.59 Å².